The van der Waals surface area contributed by atoms with Crippen LogP contribution in [0.2, 0.25) is 0 Å². The Morgan fingerprint density at radius 3 is 2.35 bits per heavy atom. The summed E-state index contributed by atoms with van der Waals surface area (Å²) in [4.78, 5) is 27.2. The zero-order valence-corrected chi connectivity index (χ0v) is 11.1. The topological polar surface area (TPSA) is 85.1 Å². The second kappa shape index (κ2) is 5.97. The highest BCUT2D eigenvalue weighted by atomic mass is 16.2. The molecule has 5 heteroatoms. The lowest BCUT2D eigenvalue weighted by Crippen LogP contribution is -2.23. The van der Waals surface area contributed by atoms with Crippen LogP contribution in [0.3, 0.4) is 0 Å². The molecular weight excluding hydrogens is 254 g/mol. The van der Waals surface area contributed by atoms with E-state index in [4.69, 9.17) is 5.73 Å². The normalized spacial score (nSPS) is 10.1. The summed E-state index contributed by atoms with van der Waals surface area (Å²) in [7, 11) is 0. The summed E-state index contributed by atoms with van der Waals surface area (Å²) in [6, 6.07) is 11.8. The fourth-order valence-corrected chi connectivity index (χ4v) is 1.76. The first-order chi connectivity index (χ1) is 9.56. The molecule has 0 aliphatic heterocycles. The van der Waals surface area contributed by atoms with Crippen molar-refractivity contribution in [2.24, 2.45) is 5.73 Å². The Bertz CT molecular complexity index is 636. The SMILES string of the molecule is Cc1cccc(CNC(=O)c2ccc(C(N)=O)cc2)n1. The second-order valence-corrected chi connectivity index (χ2v) is 4.39. The maximum Gasteiger partial charge on any atom is 0.251 e. The lowest BCUT2D eigenvalue weighted by molar-refractivity contribution is 0.0947. The van der Waals surface area contributed by atoms with Gasteiger partial charge in [0.25, 0.3) is 5.91 Å². The van der Waals surface area contributed by atoms with Gasteiger partial charge in [0.05, 0.1) is 12.2 Å². The number of pyridine rings is 1. The van der Waals surface area contributed by atoms with Gasteiger partial charge in [0.15, 0.2) is 0 Å². The van der Waals surface area contributed by atoms with Crippen LogP contribution in [0.25, 0.3) is 0 Å². The molecule has 0 radical (unpaired) electrons. The van der Waals surface area contributed by atoms with Gasteiger partial charge in [-0.05, 0) is 43.3 Å². The van der Waals surface area contributed by atoms with Gasteiger partial charge < -0.3 is 11.1 Å². The van der Waals surface area contributed by atoms with Gasteiger partial charge in [-0.2, -0.15) is 0 Å². The Labute approximate surface area is 116 Å². The molecule has 0 saturated carbocycles. The number of nitrogens with one attached hydrogen (secondary N) is 1. The molecule has 0 bridgehead atoms. The molecule has 5 nitrogen and oxygen atoms in total. The molecule has 1 aromatic carbocycles. The predicted molar refractivity (Wildman–Crippen MR) is 75.1 cm³/mol. The monoisotopic (exact) mass is 269 g/mol. The molecule has 0 unspecified atom stereocenters. The van der Waals surface area contributed by atoms with E-state index in [-0.39, 0.29) is 5.91 Å². The molecule has 2 rings (SSSR count). The van der Waals surface area contributed by atoms with E-state index in [1.54, 1.807) is 12.1 Å². The largest absolute Gasteiger partial charge is 0.366 e. The summed E-state index contributed by atoms with van der Waals surface area (Å²) in [6.07, 6.45) is 0. The van der Waals surface area contributed by atoms with Crippen molar-refractivity contribution in [3.05, 3.63) is 65.0 Å². The van der Waals surface area contributed by atoms with Crippen LogP contribution in [0.4, 0.5) is 0 Å². The highest BCUT2D eigenvalue weighted by molar-refractivity contribution is 5.97. The Balaban J connectivity index is 1.99. The number of carbonyl (C=O) groups excluding carboxylic acids is 2. The molecule has 2 amide bonds. The minimum atomic E-state index is -0.513. The van der Waals surface area contributed by atoms with E-state index in [1.165, 1.54) is 12.1 Å². The average molecular weight is 269 g/mol. The van der Waals surface area contributed by atoms with Gasteiger partial charge in [-0.15, -0.1) is 0 Å². The van der Waals surface area contributed by atoms with Crippen molar-refractivity contribution in [2.75, 3.05) is 0 Å². The molecule has 0 aliphatic carbocycles. The Hall–Kier alpha value is -2.69. The van der Waals surface area contributed by atoms with Gasteiger partial charge >= 0.3 is 0 Å². The lowest BCUT2D eigenvalue weighted by Gasteiger charge is -2.06. The number of rotatable bonds is 4. The summed E-state index contributed by atoms with van der Waals surface area (Å²) in [5, 5.41) is 2.77. The van der Waals surface area contributed by atoms with E-state index < -0.39 is 5.91 Å². The summed E-state index contributed by atoms with van der Waals surface area (Å²) in [6.45, 7) is 2.26. The van der Waals surface area contributed by atoms with E-state index in [1.807, 2.05) is 25.1 Å². The van der Waals surface area contributed by atoms with Crippen molar-refractivity contribution in [1.82, 2.24) is 10.3 Å². The Morgan fingerprint density at radius 1 is 1.10 bits per heavy atom. The van der Waals surface area contributed by atoms with Crippen molar-refractivity contribution >= 4 is 11.8 Å². The Morgan fingerprint density at radius 2 is 1.75 bits per heavy atom. The van der Waals surface area contributed by atoms with E-state index in [2.05, 4.69) is 10.3 Å². The van der Waals surface area contributed by atoms with Gasteiger partial charge in [0.2, 0.25) is 5.91 Å². The zero-order chi connectivity index (χ0) is 14.5. The van der Waals surface area contributed by atoms with Crippen LogP contribution in [0.5, 0.6) is 0 Å². The number of aryl methyl sites for hydroxylation is 1. The third-order valence-corrected chi connectivity index (χ3v) is 2.81. The number of nitrogens with two attached hydrogens (primary N) is 1. The van der Waals surface area contributed by atoms with Gasteiger partial charge in [0.1, 0.15) is 0 Å². The molecule has 0 atom stereocenters. The maximum atomic E-state index is 11.9. The fraction of sp³-hybridized carbons (Fsp3) is 0.133. The number of hydrogen-bond donors (Lipinski definition) is 2. The highest BCUT2D eigenvalue weighted by Gasteiger charge is 2.07. The van der Waals surface area contributed by atoms with Gasteiger partial charge in [-0.25, -0.2) is 0 Å². The summed E-state index contributed by atoms with van der Waals surface area (Å²) >= 11 is 0. The smallest absolute Gasteiger partial charge is 0.251 e. The average Bonchev–Trinajstić information content (AvgIpc) is 2.45. The van der Waals surface area contributed by atoms with Crippen LogP contribution < -0.4 is 11.1 Å². The van der Waals surface area contributed by atoms with Crippen LogP contribution in [0, 0.1) is 6.92 Å². The number of amides is 2. The molecule has 102 valence electrons. The number of carbonyl (C=O) groups is 2. The molecule has 3 N–H and O–H groups in total. The predicted octanol–water partition coefficient (Wildman–Crippen LogP) is 1.42. The number of nitrogens with zero attached hydrogens (tertiary/aromatic N) is 1. The van der Waals surface area contributed by atoms with Crippen LogP contribution >= 0.6 is 0 Å². The van der Waals surface area contributed by atoms with Gasteiger partial charge in [-0.3, -0.25) is 14.6 Å². The minimum Gasteiger partial charge on any atom is -0.366 e. The van der Waals surface area contributed by atoms with Crippen molar-refractivity contribution in [3.8, 4) is 0 Å². The van der Waals surface area contributed by atoms with Crippen LogP contribution in [0.15, 0.2) is 42.5 Å². The van der Waals surface area contributed by atoms with E-state index in [9.17, 15) is 9.59 Å². The van der Waals surface area contributed by atoms with Crippen LogP contribution in [-0.4, -0.2) is 16.8 Å². The van der Waals surface area contributed by atoms with E-state index >= 15 is 0 Å². The number of benzene rings is 1. The highest BCUT2D eigenvalue weighted by Crippen LogP contribution is 2.04. The molecule has 0 spiro atoms. The minimum absolute atomic E-state index is 0.218. The molecular formula is C15H15N3O2. The Kier molecular flexibility index (Phi) is 4.10. The molecule has 2 aromatic rings. The third-order valence-electron chi connectivity index (χ3n) is 2.81. The van der Waals surface area contributed by atoms with Crippen LogP contribution in [0.1, 0.15) is 32.1 Å². The first kappa shape index (κ1) is 13.7. The van der Waals surface area contributed by atoms with Crippen molar-refractivity contribution < 1.29 is 9.59 Å². The number of primary amides is 1. The van der Waals surface area contributed by atoms with Crippen molar-refractivity contribution in [3.63, 3.8) is 0 Å². The number of hydrogen-bond acceptors (Lipinski definition) is 3. The first-order valence-electron chi connectivity index (χ1n) is 6.17. The fourth-order valence-electron chi connectivity index (χ4n) is 1.76. The second-order valence-electron chi connectivity index (χ2n) is 4.39. The summed E-state index contributed by atoms with van der Waals surface area (Å²) in [5.41, 5.74) is 7.70. The molecule has 1 heterocycles. The number of aromatic nitrogens is 1. The first-order valence-corrected chi connectivity index (χ1v) is 6.17. The van der Waals surface area contributed by atoms with Gasteiger partial charge in [-0.1, -0.05) is 6.07 Å². The standard InChI is InChI=1S/C15H15N3O2/c1-10-3-2-4-13(18-10)9-17-15(20)12-7-5-11(6-8-12)14(16)19/h2-8H,9H2,1H3,(H2,16,19)(H,17,20). The van der Waals surface area contributed by atoms with Crippen LogP contribution in [-0.2, 0) is 6.54 Å². The molecule has 0 fully saturated rings. The zero-order valence-electron chi connectivity index (χ0n) is 11.1. The molecule has 20 heavy (non-hydrogen) atoms. The van der Waals surface area contributed by atoms with Crippen molar-refractivity contribution in [1.29, 1.82) is 0 Å². The van der Waals surface area contributed by atoms with E-state index in [0.717, 1.165) is 11.4 Å². The van der Waals surface area contributed by atoms with Crippen molar-refractivity contribution in [2.45, 2.75) is 13.5 Å². The third kappa shape index (κ3) is 3.41. The quantitative estimate of drug-likeness (QED) is 0.880. The summed E-state index contributed by atoms with van der Waals surface area (Å²) < 4.78 is 0. The van der Waals surface area contributed by atoms with E-state index in [0.29, 0.717) is 17.7 Å². The summed E-state index contributed by atoms with van der Waals surface area (Å²) in [5.74, 6) is -0.731. The molecule has 0 aliphatic rings. The molecule has 0 saturated heterocycles. The maximum absolute atomic E-state index is 11.9. The van der Waals surface area contributed by atoms with Gasteiger partial charge in [0, 0.05) is 16.8 Å². The lowest BCUT2D eigenvalue weighted by atomic mass is 10.1. The molecule has 1 aromatic heterocycles.